The van der Waals surface area contributed by atoms with Crippen LogP contribution in [-0.4, -0.2) is 9.38 Å². The molecule has 0 amide bonds. The van der Waals surface area contributed by atoms with Crippen molar-refractivity contribution in [2.75, 3.05) is 0 Å². The lowest BCUT2D eigenvalue weighted by Crippen LogP contribution is -2.13. The molecular weight excluding hydrogens is 176 g/mol. The second-order valence-corrected chi connectivity index (χ2v) is 3.66. The Balaban J connectivity index is 2.91. The molecule has 0 spiro atoms. The highest BCUT2D eigenvalue weighted by molar-refractivity contribution is 5.49. The highest BCUT2D eigenvalue weighted by atomic mass is 16.1. The number of pyridine rings is 1. The third-order valence-corrected chi connectivity index (χ3v) is 2.57. The van der Waals surface area contributed by atoms with Gasteiger partial charge in [-0.3, -0.25) is 4.79 Å². The lowest BCUT2D eigenvalue weighted by atomic mass is 10.1. The molecule has 2 heterocycles. The Morgan fingerprint density at radius 2 is 2.07 bits per heavy atom. The lowest BCUT2D eigenvalue weighted by Gasteiger charge is -2.01. The number of hydrogen-bond acceptors (Lipinski definition) is 1. The molecule has 0 saturated heterocycles. The Hall–Kier alpha value is -1.51. The van der Waals surface area contributed by atoms with E-state index in [-0.39, 0.29) is 5.43 Å². The summed E-state index contributed by atoms with van der Waals surface area (Å²) >= 11 is 0. The zero-order valence-corrected chi connectivity index (χ0v) is 8.72. The second kappa shape index (κ2) is 3.01. The van der Waals surface area contributed by atoms with Gasteiger partial charge in [0.05, 0.1) is 0 Å². The predicted octanol–water partition coefficient (Wildman–Crippen LogP) is 1.81. The number of imidazole rings is 1. The smallest absolute Gasteiger partial charge is 0.189 e. The molecule has 74 valence electrons. The normalized spacial score (nSPS) is 11.1. The van der Waals surface area contributed by atoms with Crippen molar-refractivity contribution < 1.29 is 0 Å². The third-order valence-electron chi connectivity index (χ3n) is 2.57. The average Bonchev–Trinajstić information content (AvgIpc) is 2.52. The number of H-pyrrole nitrogens is 1. The molecule has 2 rings (SSSR count). The van der Waals surface area contributed by atoms with E-state index in [1.807, 2.05) is 37.6 Å². The first-order valence-corrected chi connectivity index (χ1v) is 4.83. The predicted molar refractivity (Wildman–Crippen MR) is 56.9 cm³/mol. The van der Waals surface area contributed by atoms with E-state index in [9.17, 15) is 4.79 Å². The Morgan fingerprint density at radius 3 is 2.71 bits per heavy atom. The van der Waals surface area contributed by atoms with Crippen LogP contribution < -0.4 is 5.43 Å². The van der Waals surface area contributed by atoms with E-state index >= 15 is 0 Å². The molecule has 0 saturated carbocycles. The molecule has 3 nitrogen and oxygen atoms in total. The zero-order chi connectivity index (χ0) is 10.3. The summed E-state index contributed by atoms with van der Waals surface area (Å²) in [7, 11) is 0. The maximum absolute atomic E-state index is 11.8. The number of rotatable bonds is 1. The molecule has 0 aliphatic carbocycles. The van der Waals surface area contributed by atoms with Gasteiger partial charge in [-0.25, -0.2) is 0 Å². The molecule has 2 aromatic rings. The molecular formula is C11H14N2O. The highest BCUT2D eigenvalue weighted by Crippen LogP contribution is 2.08. The summed E-state index contributed by atoms with van der Waals surface area (Å²) in [6.45, 7) is 5.86. The van der Waals surface area contributed by atoms with Crippen LogP contribution in [0.5, 0.6) is 0 Å². The van der Waals surface area contributed by atoms with Crippen LogP contribution in [-0.2, 0) is 6.42 Å². The first-order valence-electron chi connectivity index (χ1n) is 4.83. The minimum Gasteiger partial charge on any atom is -0.343 e. The van der Waals surface area contributed by atoms with E-state index in [0.717, 1.165) is 28.9 Å². The van der Waals surface area contributed by atoms with Crippen molar-refractivity contribution in [1.82, 2.24) is 9.38 Å². The molecule has 0 bridgehead atoms. The van der Waals surface area contributed by atoms with Crippen LogP contribution in [0.3, 0.4) is 0 Å². The molecule has 3 heteroatoms. The zero-order valence-electron chi connectivity index (χ0n) is 8.72. The van der Waals surface area contributed by atoms with Gasteiger partial charge in [0.15, 0.2) is 5.43 Å². The van der Waals surface area contributed by atoms with Crippen LogP contribution in [0.25, 0.3) is 5.65 Å². The van der Waals surface area contributed by atoms with Crippen LogP contribution in [0.4, 0.5) is 0 Å². The van der Waals surface area contributed by atoms with E-state index in [0.29, 0.717) is 0 Å². The summed E-state index contributed by atoms with van der Waals surface area (Å²) in [5.74, 6) is 0. The first kappa shape index (κ1) is 9.06. The van der Waals surface area contributed by atoms with Crippen LogP contribution in [0.15, 0.2) is 17.2 Å². The van der Waals surface area contributed by atoms with Crippen molar-refractivity contribution in [3.63, 3.8) is 0 Å². The van der Waals surface area contributed by atoms with Gasteiger partial charge in [-0.1, -0.05) is 6.92 Å². The Kier molecular flexibility index (Phi) is 1.95. The fourth-order valence-corrected chi connectivity index (χ4v) is 1.77. The van der Waals surface area contributed by atoms with Crippen LogP contribution >= 0.6 is 0 Å². The van der Waals surface area contributed by atoms with Gasteiger partial charge < -0.3 is 9.38 Å². The van der Waals surface area contributed by atoms with Gasteiger partial charge in [0.25, 0.3) is 0 Å². The number of aromatic nitrogens is 2. The summed E-state index contributed by atoms with van der Waals surface area (Å²) in [6, 6.07) is 0. The molecule has 0 aromatic carbocycles. The van der Waals surface area contributed by atoms with Gasteiger partial charge in [-0.2, -0.15) is 0 Å². The Labute approximate surface area is 82.4 Å². The van der Waals surface area contributed by atoms with Crippen molar-refractivity contribution in [2.45, 2.75) is 27.2 Å². The summed E-state index contributed by atoms with van der Waals surface area (Å²) in [4.78, 5) is 15.0. The number of hydrogen-bond donors (Lipinski definition) is 1. The number of aromatic amines is 1. The quantitative estimate of drug-likeness (QED) is 0.731. The summed E-state index contributed by atoms with van der Waals surface area (Å²) in [5, 5.41) is 0. The van der Waals surface area contributed by atoms with E-state index in [4.69, 9.17) is 0 Å². The maximum Gasteiger partial charge on any atom is 0.189 e. The topological polar surface area (TPSA) is 37.3 Å². The Bertz CT molecular complexity index is 534. The number of aryl methyl sites for hydroxylation is 3. The van der Waals surface area contributed by atoms with Gasteiger partial charge in [-0.05, 0) is 20.3 Å². The number of nitrogens with zero attached hydrogens (tertiary/aromatic N) is 1. The minimum atomic E-state index is 0.161. The molecule has 2 aromatic heterocycles. The lowest BCUT2D eigenvalue weighted by molar-refractivity contribution is 1.03. The van der Waals surface area contributed by atoms with Gasteiger partial charge in [-0.15, -0.1) is 0 Å². The summed E-state index contributed by atoms with van der Waals surface area (Å²) in [6.07, 6.45) is 4.70. The SMILES string of the molecule is CCc1cn2cc(C)[nH]c2c(C)c1=O. The van der Waals surface area contributed by atoms with Crippen molar-refractivity contribution in [3.8, 4) is 0 Å². The van der Waals surface area contributed by atoms with Crippen LogP contribution in [0, 0.1) is 13.8 Å². The summed E-state index contributed by atoms with van der Waals surface area (Å²) in [5.41, 5.74) is 3.82. The van der Waals surface area contributed by atoms with Crippen LogP contribution in [0.1, 0.15) is 23.7 Å². The monoisotopic (exact) mass is 190 g/mol. The molecule has 0 aliphatic rings. The molecule has 0 atom stereocenters. The summed E-state index contributed by atoms with van der Waals surface area (Å²) < 4.78 is 1.99. The second-order valence-electron chi connectivity index (χ2n) is 3.66. The van der Waals surface area contributed by atoms with Crippen molar-refractivity contribution in [2.24, 2.45) is 0 Å². The van der Waals surface area contributed by atoms with E-state index < -0.39 is 0 Å². The van der Waals surface area contributed by atoms with Crippen molar-refractivity contribution >= 4 is 5.65 Å². The van der Waals surface area contributed by atoms with E-state index in [1.165, 1.54) is 0 Å². The highest BCUT2D eigenvalue weighted by Gasteiger charge is 2.07. The van der Waals surface area contributed by atoms with E-state index in [2.05, 4.69) is 4.98 Å². The first-order chi connectivity index (χ1) is 6.63. The molecule has 0 aliphatic heterocycles. The molecule has 14 heavy (non-hydrogen) atoms. The van der Waals surface area contributed by atoms with E-state index in [1.54, 1.807) is 0 Å². The largest absolute Gasteiger partial charge is 0.343 e. The maximum atomic E-state index is 11.8. The number of nitrogens with one attached hydrogen (secondary N) is 1. The Morgan fingerprint density at radius 1 is 1.36 bits per heavy atom. The van der Waals surface area contributed by atoms with Crippen LogP contribution in [0.2, 0.25) is 0 Å². The van der Waals surface area contributed by atoms with Gasteiger partial charge in [0.2, 0.25) is 0 Å². The standard InChI is InChI=1S/C11H14N2O/c1-4-9-6-13-5-7(2)12-11(13)8(3)10(9)14/h5-6,12H,4H2,1-3H3. The fraction of sp³-hybridized carbons (Fsp3) is 0.364. The van der Waals surface area contributed by atoms with Gasteiger partial charge in [0.1, 0.15) is 5.65 Å². The minimum absolute atomic E-state index is 0.161. The number of fused-ring (bicyclic) bond motifs is 1. The van der Waals surface area contributed by atoms with Gasteiger partial charge >= 0.3 is 0 Å². The van der Waals surface area contributed by atoms with Gasteiger partial charge in [0, 0.05) is 29.2 Å². The average molecular weight is 190 g/mol. The third kappa shape index (κ3) is 1.16. The molecule has 0 fully saturated rings. The molecule has 0 unspecified atom stereocenters. The molecule has 1 N–H and O–H groups in total. The molecule has 0 radical (unpaired) electrons. The van der Waals surface area contributed by atoms with Crippen molar-refractivity contribution in [1.29, 1.82) is 0 Å². The van der Waals surface area contributed by atoms with Crippen molar-refractivity contribution in [3.05, 3.63) is 39.4 Å². The fourth-order valence-electron chi connectivity index (χ4n) is 1.77.